The van der Waals surface area contributed by atoms with E-state index in [2.05, 4.69) is 42.6 Å². The smallest absolute Gasteiger partial charge is 0.240 e. The average molecular weight is 448 g/mol. The zero-order valence-corrected chi connectivity index (χ0v) is 17.1. The van der Waals surface area contributed by atoms with Crippen molar-refractivity contribution in [2.45, 2.75) is 25.9 Å². The molecule has 2 aromatic carbocycles. The molecule has 0 aromatic heterocycles. The largest absolute Gasteiger partial charge is 0.493 e. The molecule has 4 N–H and O–H groups in total. The Balaban J connectivity index is 1.64. The minimum Gasteiger partial charge on any atom is -0.493 e. The molecule has 0 radical (unpaired) electrons. The van der Waals surface area contributed by atoms with Crippen molar-refractivity contribution >= 4 is 28.1 Å². The Hall–Kier alpha value is -2.62. The summed E-state index contributed by atoms with van der Waals surface area (Å²) in [6.07, 6.45) is 1.12. The molecule has 8 nitrogen and oxygen atoms in total. The van der Waals surface area contributed by atoms with Crippen molar-refractivity contribution in [2.75, 3.05) is 7.11 Å². The number of methoxy groups -OCH3 is 1. The molecule has 1 heterocycles. The molecule has 0 bridgehead atoms. The van der Waals surface area contributed by atoms with Crippen LogP contribution in [0, 0.1) is 0 Å². The molecule has 0 saturated carbocycles. The third-order valence-electron chi connectivity index (χ3n) is 4.02. The molecule has 1 amide bonds. The lowest BCUT2D eigenvalue weighted by Crippen LogP contribution is -2.68. The molecule has 3 rings (SSSR count). The maximum Gasteiger partial charge on any atom is 0.240 e. The van der Waals surface area contributed by atoms with Crippen LogP contribution >= 0.6 is 15.9 Å². The van der Waals surface area contributed by atoms with Gasteiger partial charge in [-0.15, -0.1) is 0 Å². The topological polar surface area (TPSA) is 96.0 Å². The quantitative estimate of drug-likeness (QED) is 0.382. The number of hydrogen-bond donors (Lipinski definition) is 4. The van der Waals surface area contributed by atoms with Gasteiger partial charge in [-0.05, 0) is 46.1 Å². The number of benzene rings is 2. The van der Waals surface area contributed by atoms with Crippen LogP contribution in [0.1, 0.15) is 18.1 Å². The van der Waals surface area contributed by atoms with Crippen LogP contribution in [0.15, 0.2) is 52.0 Å². The summed E-state index contributed by atoms with van der Waals surface area (Å²) >= 11 is 3.53. The molecule has 0 spiro atoms. The summed E-state index contributed by atoms with van der Waals surface area (Å²) in [6.45, 7) is 2.19. The highest BCUT2D eigenvalue weighted by Crippen LogP contribution is 2.36. The minimum absolute atomic E-state index is 0.115. The van der Waals surface area contributed by atoms with Crippen molar-refractivity contribution in [1.29, 1.82) is 0 Å². The van der Waals surface area contributed by atoms with Crippen molar-refractivity contribution in [3.05, 3.63) is 58.1 Å². The fourth-order valence-corrected chi connectivity index (χ4v) is 3.09. The standard InChI is InChI=1S/C19H22BrN5O3/c1-12-18(26)22-19(25-23-12)24-21-10-14-8-15(20)17(16(9-14)27-2)28-11-13-6-4-3-5-7-13/h3-10,12,19,23-25H,11H2,1-2H3,(H,22,26)/b21-10+. The van der Waals surface area contributed by atoms with Gasteiger partial charge >= 0.3 is 0 Å². The van der Waals surface area contributed by atoms with Crippen molar-refractivity contribution in [2.24, 2.45) is 5.10 Å². The Morgan fingerprint density at radius 3 is 2.75 bits per heavy atom. The molecule has 148 valence electrons. The molecular weight excluding hydrogens is 426 g/mol. The molecule has 28 heavy (non-hydrogen) atoms. The zero-order chi connectivity index (χ0) is 19.9. The SMILES string of the molecule is COc1cc(/C=N/NC2NNC(C)C(=O)N2)cc(Br)c1OCc1ccccc1. The van der Waals surface area contributed by atoms with Gasteiger partial charge in [0.1, 0.15) is 6.61 Å². The van der Waals surface area contributed by atoms with E-state index in [1.807, 2.05) is 42.5 Å². The molecule has 1 aliphatic rings. The monoisotopic (exact) mass is 447 g/mol. The molecule has 2 atom stereocenters. The molecule has 1 fully saturated rings. The van der Waals surface area contributed by atoms with Crippen molar-refractivity contribution in [1.82, 2.24) is 21.6 Å². The van der Waals surface area contributed by atoms with E-state index in [1.165, 1.54) is 0 Å². The van der Waals surface area contributed by atoms with E-state index in [0.29, 0.717) is 18.1 Å². The first-order chi connectivity index (χ1) is 13.6. The lowest BCUT2D eigenvalue weighted by atomic mass is 10.2. The average Bonchev–Trinajstić information content (AvgIpc) is 2.70. The Morgan fingerprint density at radius 1 is 1.25 bits per heavy atom. The van der Waals surface area contributed by atoms with E-state index in [1.54, 1.807) is 20.2 Å². The van der Waals surface area contributed by atoms with Crippen LogP contribution < -0.4 is 31.1 Å². The lowest BCUT2D eigenvalue weighted by molar-refractivity contribution is -0.126. The Morgan fingerprint density at radius 2 is 2.04 bits per heavy atom. The first-order valence-corrected chi connectivity index (χ1v) is 9.50. The van der Waals surface area contributed by atoms with Crippen LogP contribution in [0.3, 0.4) is 0 Å². The predicted octanol–water partition coefficient (Wildman–Crippen LogP) is 1.86. The molecule has 2 unspecified atom stereocenters. The number of nitrogens with one attached hydrogen (secondary N) is 4. The van der Waals surface area contributed by atoms with Gasteiger partial charge in [0.05, 0.1) is 23.8 Å². The van der Waals surface area contributed by atoms with Gasteiger partial charge in [0.2, 0.25) is 5.91 Å². The summed E-state index contributed by atoms with van der Waals surface area (Å²) in [4.78, 5) is 11.6. The fourth-order valence-electron chi connectivity index (χ4n) is 2.51. The number of rotatable bonds is 7. The number of hydrazone groups is 1. The second-order valence-electron chi connectivity index (χ2n) is 6.15. The Bertz CT molecular complexity index is 847. The van der Waals surface area contributed by atoms with Gasteiger partial charge in [0.15, 0.2) is 17.8 Å². The summed E-state index contributed by atoms with van der Waals surface area (Å²) in [6, 6.07) is 13.3. The first kappa shape index (κ1) is 20.1. The first-order valence-electron chi connectivity index (χ1n) is 8.71. The van der Waals surface area contributed by atoms with E-state index in [-0.39, 0.29) is 11.9 Å². The molecule has 2 aromatic rings. The summed E-state index contributed by atoms with van der Waals surface area (Å²) in [5.74, 6) is 1.10. The third-order valence-corrected chi connectivity index (χ3v) is 4.61. The number of ether oxygens (including phenoxy) is 2. The second kappa shape index (κ2) is 9.54. The normalized spacial score (nSPS) is 19.3. The van der Waals surface area contributed by atoms with Crippen LogP contribution in [-0.2, 0) is 11.4 Å². The maximum atomic E-state index is 11.6. The number of halogens is 1. The van der Waals surface area contributed by atoms with Gasteiger partial charge in [0.25, 0.3) is 0 Å². The van der Waals surface area contributed by atoms with Crippen LogP contribution in [0.2, 0.25) is 0 Å². The van der Waals surface area contributed by atoms with Gasteiger partial charge in [0, 0.05) is 0 Å². The Labute approximate surface area is 171 Å². The molecule has 1 saturated heterocycles. The summed E-state index contributed by atoms with van der Waals surface area (Å²) in [7, 11) is 1.59. The van der Waals surface area contributed by atoms with Crippen molar-refractivity contribution in [3.63, 3.8) is 0 Å². The second-order valence-corrected chi connectivity index (χ2v) is 7.00. The summed E-state index contributed by atoms with van der Waals surface area (Å²) in [5.41, 5.74) is 10.4. The molecule has 0 aliphatic carbocycles. The van der Waals surface area contributed by atoms with Crippen molar-refractivity contribution < 1.29 is 14.3 Å². The van der Waals surface area contributed by atoms with E-state index in [4.69, 9.17) is 9.47 Å². The highest BCUT2D eigenvalue weighted by atomic mass is 79.9. The van der Waals surface area contributed by atoms with E-state index >= 15 is 0 Å². The van der Waals surface area contributed by atoms with Crippen LogP contribution in [0.4, 0.5) is 0 Å². The molecule has 1 aliphatic heterocycles. The van der Waals surface area contributed by atoms with Crippen molar-refractivity contribution in [3.8, 4) is 11.5 Å². The van der Waals surface area contributed by atoms with Crippen LogP contribution in [-0.4, -0.2) is 31.6 Å². The summed E-state index contributed by atoms with van der Waals surface area (Å²) in [5, 5.41) is 6.89. The predicted molar refractivity (Wildman–Crippen MR) is 110 cm³/mol. The number of carbonyl (C=O) groups excluding carboxylic acids is 1. The van der Waals surface area contributed by atoms with Gasteiger partial charge < -0.3 is 14.8 Å². The highest BCUT2D eigenvalue weighted by molar-refractivity contribution is 9.10. The van der Waals surface area contributed by atoms with Crippen LogP contribution in [0.5, 0.6) is 11.5 Å². The Kier molecular flexibility index (Phi) is 6.85. The number of nitrogens with zero attached hydrogens (tertiary/aromatic N) is 1. The third kappa shape index (κ3) is 5.22. The minimum atomic E-state index is -0.501. The number of carbonyl (C=O) groups is 1. The van der Waals surface area contributed by atoms with Gasteiger partial charge in [-0.3, -0.25) is 10.2 Å². The molecular formula is C19H22BrN5O3. The van der Waals surface area contributed by atoms with Gasteiger partial charge in [-0.25, -0.2) is 10.9 Å². The number of amides is 1. The van der Waals surface area contributed by atoms with Crippen LogP contribution in [0.25, 0.3) is 0 Å². The summed E-state index contributed by atoms with van der Waals surface area (Å²) < 4.78 is 12.1. The lowest BCUT2D eigenvalue weighted by Gasteiger charge is -2.28. The molecule has 9 heteroatoms. The number of hydrogen-bond acceptors (Lipinski definition) is 7. The van der Waals surface area contributed by atoms with Gasteiger partial charge in [-0.2, -0.15) is 5.10 Å². The van der Waals surface area contributed by atoms with E-state index < -0.39 is 6.29 Å². The highest BCUT2D eigenvalue weighted by Gasteiger charge is 2.22. The van der Waals surface area contributed by atoms with Gasteiger partial charge in [-0.1, -0.05) is 30.3 Å². The zero-order valence-electron chi connectivity index (χ0n) is 15.5. The van der Waals surface area contributed by atoms with E-state index in [0.717, 1.165) is 15.6 Å². The number of hydrazine groups is 1. The van der Waals surface area contributed by atoms with E-state index in [9.17, 15) is 4.79 Å². The fraction of sp³-hybridized carbons (Fsp3) is 0.263. The maximum absolute atomic E-state index is 11.6.